The predicted octanol–water partition coefficient (Wildman–Crippen LogP) is 5.62. The normalized spacial score (nSPS) is 15.8. The van der Waals surface area contributed by atoms with Crippen LogP contribution in [-0.4, -0.2) is 32.7 Å². The molecule has 0 aliphatic carbocycles. The Morgan fingerprint density at radius 3 is 1.82 bits per heavy atom. The first-order valence-corrected chi connectivity index (χ1v) is 11.2. The van der Waals surface area contributed by atoms with Gasteiger partial charge < -0.3 is 19.3 Å². The highest BCUT2D eigenvalue weighted by Gasteiger charge is 2.42. The fourth-order valence-corrected chi connectivity index (χ4v) is 4.28. The zero-order valence-electron chi connectivity index (χ0n) is 18.6. The van der Waals surface area contributed by atoms with E-state index in [1.54, 1.807) is 41.3 Å². The minimum absolute atomic E-state index is 0.107. The Labute approximate surface area is 207 Å². The summed E-state index contributed by atoms with van der Waals surface area (Å²) in [6.45, 7) is 0.113. The Bertz CT molecular complexity index is 1210. The first kappa shape index (κ1) is 23.7. The van der Waals surface area contributed by atoms with E-state index >= 15 is 0 Å². The van der Waals surface area contributed by atoms with E-state index < -0.39 is 18.1 Å². The molecule has 1 aliphatic rings. The SMILES string of the molecule is COC(=O)C1=C(C(=O)OC)N(c2ccc(Cl)cc2)C(c2ccccc2)N(c2ccc(Cl)cc2)C1. The maximum absolute atomic E-state index is 13.1. The largest absolute Gasteiger partial charge is 0.466 e. The number of hydrogen-bond donors (Lipinski definition) is 0. The van der Waals surface area contributed by atoms with Gasteiger partial charge in [0.2, 0.25) is 0 Å². The number of anilines is 2. The number of methoxy groups -OCH3 is 2. The molecule has 174 valence electrons. The van der Waals surface area contributed by atoms with Crippen molar-refractivity contribution >= 4 is 46.5 Å². The van der Waals surface area contributed by atoms with Gasteiger partial charge in [0.05, 0.1) is 26.3 Å². The number of ether oxygens (including phenoxy) is 2. The molecule has 0 aromatic heterocycles. The summed E-state index contributed by atoms with van der Waals surface area (Å²) in [5, 5.41) is 1.13. The molecule has 0 bridgehead atoms. The van der Waals surface area contributed by atoms with Crippen molar-refractivity contribution in [3.8, 4) is 0 Å². The minimum atomic E-state index is -0.646. The van der Waals surface area contributed by atoms with Gasteiger partial charge in [-0.1, -0.05) is 53.5 Å². The lowest BCUT2D eigenvalue weighted by Gasteiger charge is -2.47. The van der Waals surface area contributed by atoms with Gasteiger partial charge in [-0.3, -0.25) is 0 Å². The third-order valence-corrected chi connectivity index (χ3v) is 6.07. The number of benzene rings is 3. The van der Waals surface area contributed by atoms with Crippen molar-refractivity contribution in [2.24, 2.45) is 0 Å². The van der Waals surface area contributed by atoms with Gasteiger partial charge in [0.1, 0.15) is 11.9 Å². The average molecular weight is 497 g/mol. The van der Waals surface area contributed by atoms with Crippen LogP contribution in [0.1, 0.15) is 11.7 Å². The average Bonchev–Trinajstić information content (AvgIpc) is 2.88. The second-order valence-electron chi connectivity index (χ2n) is 7.55. The molecule has 0 amide bonds. The van der Waals surface area contributed by atoms with E-state index in [-0.39, 0.29) is 17.8 Å². The minimum Gasteiger partial charge on any atom is -0.466 e. The number of hydrogen-bond acceptors (Lipinski definition) is 6. The van der Waals surface area contributed by atoms with Gasteiger partial charge in [0.25, 0.3) is 0 Å². The quantitative estimate of drug-likeness (QED) is 0.427. The van der Waals surface area contributed by atoms with Gasteiger partial charge in [-0.2, -0.15) is 0 Å². The summed E-state index contributed by atoms with van der Waals surface area (Å²) in [6.07, 6.45) is -0.494. The second kappa shape index (κ2) is 10.2. The molecule has 0 radical (unpaired) electrons. The molecule has 1 heterocycles. The molecule has 1 aliphatic heterocycles. The Morgan fingerprint density at radius 1 is 0.765 bits per heavy atom. The van der Waals surface area contributed by atoms with Crippen LogP contribution < -0.4 is 9.80 Å². The number of rotatable bonds is 5. The van der Waals surface area contributed by atoms with Gasteiger partial charge in [-0.25, -0.2) is 9.59 Å². The van der Waals surface area contributed by atoms with Crippen LogP contribution in [0.15, 0.2) is 90.1 Å². The summed E-state index contributed by atoms with van der Waals surface area (Å²) in [7, 11) is 2.57. The smallest absolute Gasteiger partial charge is 0.355 e. The van der Waals surface area contributed by atoms with Crippen molar-refractivity contribution < 1.29 is 19.1 Å². The van der Waals surface area contributed by atoms with Gasteiger partial charge in [-0.05, 0) is 54.1 Å². The number of nitrogens with zero attached hydrogens (tertiary/aromatic N) is 2. The van der Waals surface area contributed by atoms with E-state index in [1.807, 2.05) is 47.4 Å². The van der Waals surface area contributed by atoms with E-state index in [9.17, 15) is 9.59 Å². The molecule has 3 aromatic rings. The third kappa shape index (κ3) is 4.60. The van der Waals surface area contributed by atoms with Crippen LogP contribution in [0.2, 0.25) is 10.0 Å². The van der Waals surface area contributed by atoms with Gasteiger partial charge in [0.15, 0.2) is 0 Å². The lowest BCUT2D eigenvalue weighted by Crippen LogP contribution is -2.50. The van der Waals surface area contributed by atoms with Gasteiger partial charge in [-0.15, -0.1) is 0 Å². The maximum Gasteiger partial charge on any atom is 0.355 e. The number of carbonyl (C=O) groups is 2. The summed E-state index contributed by atoms with van der Waals surface area (Å²) in [5.74, 6) is -1.27. The molecular weight excluding hydrogens is 475 g/mol. The Kier molecular flexibility index (Phi) is 7.10. The Balaban J connectivity index is 2.03. The summed E-state index contributed by atoms with van der Waals surface area (Å²) in [6, 6.07) is 24.0. The van der Waals surface area contributed by atoms with Crippen LogP contribution in [0.3, 0.4) is 0 Å². The maximum atomic E-state index is 13.1. The molecule has 8 heteroatoms. The van der Waals surface area contributed by atoms with Crippen molar-refractivity contribution in [3.05, 3.63) is 106 Å². The molecular formula is C26H22Cl2N2O4. The van der Waals surface area contributed by atoms with Crippen molar-refractivity contribution in [2.45, 2.75) is 6.17 Å². The van der Waals surface area contributed by atoms with E-state index in [1.165, 1.54) is 14.2 Å². The van der Waals surface area contributed by atoms with Crippen LogP contribution in [0.4, 0.5) is 11.4 Å². The zero-order valence-corrected chi connectivity index (χ0v) is 20.1. The Morgan fingerprint density at radius 2 is 1.29 bits per heavy atom. The highest BCUT2D eigenvalue weighted by Crippen LogP contribution is 2.42. The fourth-order valence-electron chi connectivity index (χ4n) is 4.03. The zero-order chi connectivity index (χ0) is 24.2. The van der Waals surface area contributed by atoms with Crippen molar-refractivity contribution in [2.75, 3.05) is 30.6 Å². The molecule has 0 fully saturated rings. The van der Waals surface area contributed by atoms with Crippen molar-refractivity contribution in [1.29, 1.82) is 0 Å². The fraction of sp³-hybridized carbons (Fsp3) is 0.154. The highest BCUT2D eigenvalue weighted by molar-refractivity contribution is 6.31. The molecule has 34 heavy (non-hydrogen) atoms. The van der Waals surface area contributed by atoms with E-state index in [0.717, 1.165) is 11.3 Å². The van der Waals surface area contributed by atoms with Crippen LogP contribution in [-0.2, 0) is 19.1 Å². The number of halogens is 2. The van der Waals surface area contributed by atoms with E-state index in [2.05, 4.69) is 0 Å². The number of carbonyl (C=O) groups excluding carboxylic acids is 2. The van der Waals surface area contributed by atoms with Crippen molar-refractivity contribution in [1.82, 2.24) is 0 Å². The van der Waals surface area contributed by atoms with Crippen LogP contribution in [0.5, 0.6) is 0 Å². The Hall–Kier alpha value is -3.48. The molecule has 0 N–H and O–H groups in total. The highest BCUT2D eigenvalue weighted by atomic mass is 35.5. The third-order valence-electron chi connectivity index (χ3n) is 5.57. The second-order valence-corrected chi connectivity index (χ2v) is 8.42. The summed E-state index contributed by atoms with van der Waals surface area (Å²) in [4.78, 5) is 29.8. The molecule has 0 saturated carbocycles. The molecule has 0 spiro atoms. The summed E-state index contributed by atoms with van der Waals surface area (Å²) >= 11 is 12.3. The van der Waals surface area contributed by atoms with Crippen LogP contribution >= 0.6 is 23.2 Å². The topological polar surface area (TPSA) is 59.1 Å². The summed E-state index contributed by atoms with van der Waals surface area (Å²) in [5.41, 5.74) is 2.64. The van der Waals surface area contributed by atoms with Crippen LogP contribution in [0, 0.1) is 0 Å². The van der Waals surface area contributed by atoms with Gasteiger partial charge in [0, 0.05) is 21.4 Å². The van der Waals surface area contributed by atoms with E-state index in [4.69, 9.17) is 32.7 Å². The first-order valence-electron chi connectivity index (χ1n) is 10.5. The lowest BCUT2D eigenvalue weighted by atomic mass is 9.99. The number of esters is 2. The van der Waals surface area contributed by atoms with E-state index in [0.29, 0.717) is 15.7 Å². The monoisotopic (exact) mass is 496 g/mol. The molecule has 1 unspecified atom stereocenters. The predicted molar refractivity (Wildman–Crippen MR) is 133 cm³/mol. The first-order chi connectivity index (χ1) is 16.4. The molecule has 6 nitrogen and oxygen atoms in total. The van der Waals surface area contributed by atoms with Crippen LogP contribution in [0.25, 0.3) is 0 Å². The lowest BCUT2D eigenvalue weighted by molar-refractivity contribution is -0.139. The standard InChI is InChI=1S/C26H22Cl2N2O4/c1-33-25(31)22-16-29(20-12-8-18(27)9-13-20)24(17-6-4-3-5-7-17)30(23(22)26(32)34-2)21-14-10-19(28)11-15-21/h3-15,24H,16H2,1-2H3. The molecule has 1 atom stereocenters. The van der Waals surface area contributed by atoms with Crippen molar-refractivity contribution in [3.63, 3.8) is 0 Å². The molecule has 3 aromatic carbocycles. The summed E-state index contributed by atoms with van der Waals surface area (Å²) < 4.78 is 10.2. The molecule has 0 saturated heterocycles. The van der Waals surface area contributed by atoms with Gasteiger partial charge >= 0.3 is 11.9 Å². The molecule has 4 rings (SSSR count).